The number of nitrogens with zero attached hydrogens (tertiary/aromatic N) is 3. The number of imidazole rings is 1. The highest BCUT2D eigenvalue weighted by atomic mass is 32.1. The van der Waals surface area contributed by atoms with Crippen LogP contribution in [0.5, 0.6) is 0 Å². The molecule has 1 aliphatic heterocycles. The van der Waals surface area contributed by atoms with Crippen LogP contribution in [0, 0.1) is 6.92 Å². The van der Waals surface area contributed by atoms with Gasteiger partial charge >= 0.3 is 0 Å². The Morgan fingerprint density at radius 1 is 1.55 bits per heavy atom. The number of aromatic nitrogens is 2. The van der Waals surface area contributed by atoms with Crippen molar-refractivity contribution in [1.82, 2.24) is 19.6 Å². The lowest BCUT2D eigenvalue weighted by Gasteiger charge is -2.21. The Kier molecular flexibility index (Phi) is 3.76. The number of hydrogen-bond acceptors (Lipinski definition) is 4. The summed E-state index contributed by atoms with van der Waals surface area (Å²) in [4.78, 5) is 19.2. The molecule has 1 atom stereocenters. The van der Waals surface area contributed by atoms with Gasteiger partial charge in [-0.25, -0.2) is 4.98 Å². The van der Waals surface area contributed by atoms with Gasteiger partial charge in [-0.3, -0.25) is 9.20 Å². The van der Waals surface area contributed by atoms with E-state index in [0.717, 1.165) is 36.7 Å². The summed E-state index contributed by atoms with van der Waals surface area (Å²) in [5.74, 6) is 0.291. The molecule has 6 heteroatoms. The van der Waals surface area contributed by atoms with Gasteiger partial charge in [0.05, 0.1) is 11.4 Å². The summed E-state index contributed by atoms with van der Waals surface area (Å²) >= 11 is 1.65. The van der Waals surface area contributed by atoms with E-state index in [1.54, 1.807) is 11.3 Å². The van der Waals surface area contributed by atoms with Crippen molar-refractivity contribution in [2.24, 2.45) is 0 Å². The van der Waals surface area contributed by atoms with Crippen LogP contribution in [-0.2, 0) is 11.3 Å². The minimum atomic E-state index is 0.291. The van der Waals surface area contributed by atoms with E-state index in [1.165, 1.54) is 5.69 Å². The molecule has 5 nitrogen and oxygen atoms in total. The molecule has 1 fully saturated rings. The first-order valence-electron chi connectivity index (χ1n) is 7.07. The number of carbonyl (C=O) groups excluding carboxylic acids is 1. The van der Waals surface area contributed by atoms with E-state index in [4.69, 9.17) is 0 Å². The second kappa shape index (κ2) is 5.54. The molecule has 0 radical (unpaired) electrons. The summed E-state index contributed by atoms with van der Waals surface area (Å²) in [5, 5.41) is 5.56. The maximum atomic E-state index is 11.6. The Morgan fingerprint density at radius 2 is 2.40 bits per heavy atom. The maximum absolute atomic E-state index is 11.6. The average molecular weight is 292 g/mol. The van der Waals surface area contributed by atoms with Gasteiger partial charge in [-0.1, -0.05) is 0 Å². The predicted molar refractivity (Wildman–Crippen MR) is 79.9 cm³/mol. The number of amides is 1. The summed E-state index contributed by atoms with van der Waals surface area (Å²) in [7, 11) is 0. The van der Waals surface area contributed by atoms with Crippen LogP contribution in [0.4, 0.5) is 0 Å². The number of fused-ring (bicyclic) bond motifs is 1. The van der Waals surface area contributed by atoms with Crippen molar-refractivity contribution >= 4 is 22.2 Å². The van der Waals surface area contributed by atoms with Gasteiger partial charge in [-0.2, -0.15) is 0 Å². The first kappa shape index (κ1) is 13.6. The monoisotopic (exact) mass is 292 g/mol. The van der Waals surface area contributed by atoms with Crippen LogP contribution in [-0.4, -0.2) is 39.3 Å². The Hall–Kier alpha value is -1.40. The molecule has 3 heterocycles. The molecular formula is C14H20N4OS. The number of aryl methyl sites for hydroxylation is 1. The normalized spacial score (nSPS) is 17.3. The molecule has 0 aliphatic carbocycles. The third kappa shape index (κ3) is 2.58. The van der Waals surface area contributed by atoms with Crippen molar-refractivity contribution < 1.29 is 4.79 Å². The minimum absolute atomic E-state index is 0.291. The fourth-order valence-corrected chi connectivity index (χ4v) is 3.50. The fraction of sp³-hybridized carbons (Fsp3) is 0.571. The minimum Gasteiger partial charge on any atom is -0.341 e. The van der Waals surface area contributed by atoms with Gasteiger partial charge < -0.3 is 10.2 Å². The molecular weight excluding hydrogens is 272 g/mol. The molecule has 2 aromatic heterocycles. The standard InChI is InChI=1S/C14H20N4OS/c1-10(9-17-5-3-4-13(17)19)15-8-12-11(2)16-14-18(12)6-7-20-14/h6-7,10,15H,3-5,8-9H2,1-2H3. The zero-order chi connectivity index (χ0) is 14.1. The van der Waals surface area contributed by atoms with Gasteiger partial charge in [0.25, 0.3) is 0 Å². The highest BCUT2D eigenvalue weighted by Crippen LogP contribution is 2.17. The third-order valence-electron chi connectivity index (χ3n) is 3.84. The zero-order valence-corrected chi connectivity index (χ0v) is 12.7. The number of hydrogen-bond donors (Lipinski definition) is 1. The van der Waals surface area contributed by atoms with E-state index in [-0.39, 0.29) is 0 Å². The molecule has 108 valence electrons. The van der Waals surface area contributed by atoms with Crippen LogP contribution in [0.2, 0.25) is 0 Å². The molecule has 2 aromatic rings. The molecule has 0 aromatic carbocycles. The van der Waals surface area contributed by atoms with Gasteiger partial charge in [0.1, 0.15) is 0 Å². The molecule has 1 amide bonds. The van der Waals surface area contributed by atoms with E-state index >= 15 is 0 Å². The Bertz CT molecular complexity index is 618. The maximum Gasteiger partial charge on any atom is 0.222 e. The van der Waals surface area contributed by atoms with E-state index in [9.17, 15) is 4.79 Å². The van der Waals surface area contributed by atoms with Crippen LogP contribution < -0.4 is 5.32 Å². The molecule has 0 bridgehead atoms. The molecule has 3 rings (SSSR count). The third-order valence-corrected chi connectivity index (χ3v) is 4.60. The van der Waals surface area contributed by atoms with Crippen LogP contribution in [0.25, 0.3) is 4.96 Å². The molecule has 0 spiro atoms. The first-order valence-corrected chi connectivity index (χ1v) is 7.95. The van der Waals surface area contributed by atoms with E-state index < -0.39 is 0 Å². The van der Waals surface area contributed by atoms with Gasteiger partial charge in [0, 0.05) is 43.7 Å². The number of carbonyl (C=O) groups is 1. The average Bonchev–Trinajstić information content (AvgIpc) is 3.06. The van der Waals surface area contributed by atoms with Crippen LogP contribution in [0.15, 0.2) is 11.6 Å². The van der Waals surface area contributed by atoms with Crippen molar-refractivity contribution in [1.29, 1.82) is 0 Å². The van der Waals surface area contributed by atoms with Crippen molar-refractivity contribution in [2.75, 3.05) is 13.1 Å². The van der Waals surface area contributed by atoms with Gasteiger partial charge in [-0.15, -0.1) is 11.3 Å². The van der Waals surface area contributed by atoms with Gasteiger partial charge in [0.2, 0.25) is 5.91 Å². The number of likely N-dealkylation sites (tertiary alicyclic amines) is 1. The van der Waals surface area contributed by atoms with Gasteiger partial charge in [0.15, 0.2) is 4.96 Å². The summed E-state index contributed by atoms with van der Waals surface area (Å²) < 4.78 is 2.14. The lowest BCUT2D eigenvalue weighted by Crippen LogP contribution is -2.39. The summed E-state index contributed by atoms with van der Waals surface area (Å²) in [6.07, 6.45) is 3.78. The quantitative estimate of drug-likeness (QED) is 0.914. The summed E-state index contributed by atoms with van der Waals surface area (Å²) in [6, 6.07) is 0.292. The second-order valence-corrected chi connectivity index (χ2v) is 6.30. The largest absolute Gasteiger partial charge is 0.341 e. The van der Waals surface area contributed by atoms with Crippen molar-refractivity contribution in [2.45, 2.75) is 39.3 Å². The number of nitrogens with one attached hydrogen (secondary N) is 1. The predicted octanol–water partition coefficient (Wildman–Crippen LogP) is 1.80. The highest BCUT2D eigenvalue weighted by Gasteiger charge is 2.21. The lowest BCUT2D eigenvalue weighted by atomic mass is 10.2. The molecule has 1 unspecified atom stereocenters. The van der Waals surface area contributed by atoms with E-state index in [0.29, 0.717) is 18.4 Å². The molecule has 20 heavy (non-hydrogen) atoms. The van der Waals surface area contributed by atoms with E-state index in [2.05, 4.69) is 33.2 Å². The first-order chi connectivity index (χ1) is 9.65. The highest BCUT2D eigenvalue weighted by molar-refractivity contribution is 7.15. The van der Waals surface area contributed by atoms with Crippen LogP contribution >= 0.6 is 11.3 Å². The SMILES string of the molecule is Cc1nc2sccn2c1CNC(C)CN1CCCC1=O. The zero-order valence-electron chi connectivity index (χ0n) is 11.9. The number of rotatable bonds is 5. The topological polar surface area (TPSA) is 49.6 Å². The summed E-state index contributed by atoms with van der Waals surface area (Å²) in [5.41, 5.74) is 2.29. The molecule has 1 aliphatic rings. The van der Waals surface area contributed by atoms with Crippen LogP contribution in [0.3, 0.4) is 0 Å². The van der Waals surface area contributed by atoms with Crippen molar-refractivity contribution in [3.8, 4) is 0 Å². The molecule has 1 saturated heterocycles. The van der Waals surface area contributed by atoms with Gasteiger partial charge in [-0.05, 0) is 20.3 Å². The Labute approximate surface area is 122 Å². The lowest BCUT2D eigenvalue weighted by molar-refractivity contribution is -0.127. The summed E-state index contributed by atoms with van der Waals surface area (Å²) in [6.45, 7) is 6.67. The molecule has 1 N–H and O–H groups in total. The smallest absolute Gasteiger partial charge is 0.222 e. The fourth-order valence-electron chi connectivity index (χ4n) is 2.72. The van der Waals surface area contributed by atoms with E-state index in [1.807, 2.05) is 11.8 Å². The Morgan fingerprint density at radius 3 is 3.15 bits per heavy atom. The molecule has 0 saturated carbocycles. The second-order valence-electron chi connectivity index (χ2n) is 5.42. The Balaban J connectivity index is 1.60. The van der Waals surface area contributed by atoms with Crippen molar-refractivity contribution in [3.05, 3.63) is 23.0 Å². The van der Waals surface area contributed by atoms with Crippen LogP contribution in [0.1, 0.15) is 31.2 Å². The number of thiazole rings is 1. The van der Waals surface area contributed by atoms with Crippen molar-refractivity contribution in [3.63, 3.8) is 0 Å².